The molecule has 15 heavy (non-hydrogen) atoms. The number of carboxylic acid groups (broad SMARTS) is 1. The lowest BCUT2D eigenvalue weighted by Crippen LogP contribution is -2.34. The van der Waals surface area contributed by atoms with E-state index in [-0.39, 0.29) is 0 Å². The second-order valence-corrected chi connectivity index (χ2v) is 2.56. The lowest BCUT2D eigenvalue weighted by Gasteiger charge is -2.21. The number of hydrogen-bond acceptors (Lipinski definition) is 3. The molecule has 0 bridgehead atoms. The van der Waals surface area contributed by atoms with Crippen LogP contribution in [0.3, 0.4) is 0 Å². The molecule has 0 aromatic rings. The van der Waals surface area contributed by atoms with Crippen molar-refractivity contribution >= 4 is 12.4 Å². The standard InChI is InChI=1S/C5H9NO2.C2HF3O2/c7-5-6-1-3-8-4-2-6;3-2(4,5)1(6)7/h5H,1-4H2;(H,6,7). The molecule has 5 nitrogen and oxygen atoms in total. The molecule has 8 heteroatoms. The molecular formula is C7H10F3NO4. The summed E-state index contributed by atoms with van der Waals surface area (Å²) in [5.74, 6) is -2.76. The molecule has 0 aliphatic carbocycles. The Morgan fingerprint density at radius 1 is 1.33 bits per heavy atom. The summed E-state index contributed by atoms with van der Waals surface area (Å²) in [7, 11) is 0. The molecule has 1 saturated heterocycles. The zero-order valence-electron chi connectivity index (χ0n) is 7.66. The Kier molecular flexibility index (Phi) is 5.68. The summed E-state index contributed by atoms with van der Waals surface area (Å²) in [6.07, 6.45) is -4.22. The Hall–Kier alpha value is -1.31. The lowest BCUT2D eigenvalue weighted by atomic mass is 10.5. The number of carboxylic acids is 1. The maximum Gasteiger partial charge on any atom is 0.490 e. The van der Waals surface area contributed by atoms with Gasteiger partial charge in [0.2, 0.25) is 6.41 Å². The van der Waals surface area contributed by atoms with Gasteiger partial charge in [-0.3, -0.25) is 4.79 Å². The van der Waals surface area contributed by atoms with Gasteiger partial charge in [0.05, 0.1) is 13.2 Å². The van der Waals surface area contributed by atoms with Crippen molar-refractivity contribution in [3.05, 3.63) is 0 Å². The van der Waals surface area contributed by atoms with Crippen molar-refractivity contribution in [2.24, 2.45) is 0 Å². The van der Waals surface area contributed by atoms with Gasteiger partial charge in [-0.1, -0.05) is 0 Å². The van der Waals surface area contributed by atoms with Gasteiger partial charge in [-0.25, -0.2) is 4.79 Å². The van der Waals surface area contributed by atoms with Gasteiger partial charge in [-0.15, -0.1) is 0 Å². The maximum atomic E-state index is 10.6. The van der Waals surface area contributed by atoms with Crippen LogP contribution in [0.15, 0.2) is 0 Å². The molecule has 88 valence electrons. The molecule has 0 unspecified atom stereocenters. The third kappa shape index (κ3) is 6.72. The highest BCUT2D eigenvalue weighted by molar-refractivity contribution is 5.73. The van der Waals surface area contributed by atoms with Gasteiger partial charge in [0, 0.05) is 13.1 Å². The van der Waals surface area contributed by atoms with Crippen LogP contribution in [-0.2, 0) is 14.3 Å². The normalized spacial score (nSPS) is 16.3. The Labute approximate surface area is 83.4 Å². The third-order valence-corrected chi connectivity index (χ3v) is 1.44. The fourth-order valence-corrected chi connectivity index (χ4v) is 0.683. The number of nitrogens with zero attached hydrogens (tertiary/aromatic N) is 1. The van der Waals surface area contributed by atoms with E-state index in [2.05, 4.69) is 0 Å². The highest BCUT2D eigenvalue weighted by atomic mass is 19.4. The molecule has 0 spiro atoms. The van der Waals surface area contributed by atoms with Gasteiger partial charge >= 0.3 is 12.1 Å². The van der Waals surface area contributed by atoms with Crippen LogP contribution in [0.4, 0.5) is 13.2 Å². The first-order chi connectivity index (χ1) is 6.88. The summed E-state index contributed by atoms with van der Waals surface area (Å²) in [6, 6.07) is 0. The van der Waals surface area contributed by atoms with Crippen LogP contribution >= 0.6 is 0 Å². The quantitative estimate of drug-likeness (QED) is 0.648. The van der Waals surface area contributed by atoms with Crippen LogP contribution in [-0.4, -0.2) is 54.9 Å². The van der Waals surface area contributed by atoms with E-state index in [1.807, 2.05) is 0 Å². The minimum absolute atomic E-state index is 0.693. The first-order valence-electron chi connectivity index (χ1n) is 3.95. The predicted octanol–water partition coefficient (Wildman–Crippen LogP) is 0.108. The number of morpholine rings is 1. The second kappa shape index (κ2) is 6.23. The number of carbonyl (C=O) groups excluding carboxylic acids is 1. The summed E-state index contributed by atoms with van der Waals surface area (Å²) >= 11 is 0. The van der Waals surface area contributed by atoms with Gasteiger partial charge in [0.1, 0.15) is 0 Å². The highest BCUT2D eigenvalue weighted by Crippen LogP contribution is 2.13. The summed E-state index contributed by atoms with van der Waals surface area (Å²) in [6.45, 7) is 2.89. The van der Waals surface area contributed by atoms with E-state index in [1.54, 1.807) is 4.90 Å². The van der Waals surface area contributed by atoms with Crippen molar-refractivity contribution in [2.45, 2.75) is 6.18 Å². The summed E-state index contributed by atoms with van der Waals surface area (Å²) in [4.78, 5) is 20.6. The van der Waals surface area contributed by atoms with E-state index >= 15 is 0 Å². The minimum atomic E-state index is -5.08. The fourth-order valence-electron chi connectivity index (χ4n) is 0.683. The minimum Gasteiger partial charge on any atom is -0.475 e. The van der Waals surface area contributed by atoms with E-state index in [1.165, 1.54) is 0 Å². The zero-order valence-corrected chi connectivity index (χ0v) is 7.66. The van der Waals surface area contributed by atoms with Crippen LogP contribution in [0.2, 0.25) is 0 Å². The average molecular weight is 229 g/mol. The number of alkyl halides is 3. The molecule has 0 aromatic carbocycles. The van der Waals surface area contributed by atoms with E-state index in [9.17, 15) is 18.0 Å². The Bertz CT molecular complexity index is 213. The van der Waals surface area contributed by atoms with Gasteiger partial charge in [-0.2, -0.15) is 13.2 Å². The van der Waals surface area contributed by atoms with E-state index < -0.39 is 12.1 Å². The molecular weight excluding hydrogens is 219 g/mol. The molecule has 1 aliphatic rings. The van der Waals surface area contributed by atoms with Gasteiger partial charge in [0.15, 0.2) is 0 Å². The summed E-state index contributed by atoms with van der Waals surface area (Å²) < 4.78 is 36.7. The van der Waals surface area contributed by atoms with Gasteiger partial charge < -0.3 is 14.7 Å². The first-order valence-corrected chi connectivity index (χ1v) is 3.95. The monoisotopic (exact) mass is 229 g/mol. The number of carbonyl (C=O) groups is 2. The smallest absolute Gasteiger partial charge is 0.475 e. The number of halogens is 3. The van der Waals surface area contributed by atoms with Crippen LogP contribution in [0, 0.1) is 0 Å². The Morgan fingerprint density at radius 3 is 1.93 bits per heavy atom. The summed E-state index contributed by atoms with van der Waals surface area (Å²) in [5.41, 5.74) is 0. The van der Waals surface area contributed by atoms with E-state index in [0.29, 0.717) is 13.2 Å². The zero-order chi connectivity index (χ0) is 11.9. The van der Waals surface area contributed by atoms with Crippen LogP contribution in [0.1, 0.15) is 0 Å². The first kappa shape index (κ1) is 13.7. The van der Waals surface area contributed by atoms with Crippen molar-refractivity contribution in [1.82, 2.24) is 4.90 Å². The Morgan fingerprint density at radius 2 is 1.73 bits per heavy atom. The SMILES string of the molecule is O=C(O)C(F)(F)F.O=CN1CCOCC1. The number of ether oxygens (including phenoxy) is 1. The third-order valence-electron chi connectivity index (χ3n) is 1.44. The van der Waals surface area contributed by atoms with Crippen molar-refractivity contribution < 1.29 is 32.6 Å². The van der Waals surface area contributed by atoms with Crippen LogP contribution in [0.5, 0.6) is 0 Å². The molecule has 1 heterocycles. The molecule has 1 rings (SSSR count). The molecule has 1 amide bonds. The predicted molar refractivity (Wildman–Crippen MR) is 42.1 cm³/mol. The second-order valence-electron chi connectivity index (χ2n) is 2.56. The molecule has 1 aliphatic heterocycles. The summed E-state index contributed by atoms with van der Waals surface area (Å²) in [5, 5.41) is 7.12. The average Bonchev–Trinajstić information content (AvgIpc) is 2.18. The van der Waals surface area contributed by atoms with Crippen LogP contribution in [0.25, 0.3) is 0 Å². The number of amides is 1. The van der Waals surface area contributed by atoms with Crippen LogP contribution < -0.4 is 0 Å². The van der Waals surface area contributed by atoms with E-state index in [4.69, 9.17) is 14.6 Å². The van der Waals surface area contributed by atoms with Crippen molar-refractivity contribution in [2.75, 3.05) is 26.3 Å². The van der Waals surface area contributed by atoms with Crippen molar-refractivity contribution in [3.63, 3.8) is 0 Å². The van der Waals surface area contributed by atoms with Crippen molar-refractivity contribution in [1.29, 1.82) is 0 Å². The lowest BCUT2D eigenvalue weighted by molar-refractivity contribution is -0.192. The number of hydrogen-bond donors (Lipinski definition) is 1. The number of rotatable bonds is 1. The molecule has 0 atom stereocenters. The van der Waals surface area contributed by atoms with Crippen molar-refractivity contribution in [3.8, 4) is 0 Å². The molecule has 1 N–H and O–H groups in total. The topological polar surface area (TPSA) is 66.8 Å². The maximum absolute atomic E-state index is 10.6. The highest BCUT2D eigenvalue weighted by Gasteiger charge is 2.38. The van der Waals surface area contributed by atoms with E-state index in [0.717, 1.165) is 19.5 Å². The molecule has 1 fully saturated rings. The Balaban J connectivity index is 0.000000265. The molecule has 0 aromatic heterocycles. The fraction of sp³-hybridized carbons (Fsp3) is 0.714. The molecule has 0 saturated carbocycles. The largest absolute Gasteiger partial charge is 0.490 e. The van der Waals surface area contributed by atoms with Gasteiger partial charge in [0.25, 0.3) is 0 Å². The number of aliphatic carboxylic acids is 1. The molecule has 0 radical (unpaired) electrons. The van der Waals surface area contributed by atoms with Gasteiger partial charge in [-0.05, 0) is 0 Å².